The van der Waals surface area contributed by atoms with Crippen molar-refractivity contribution in [2.45, 2.75) is 58.0 Å². The second-order valence-electron chi connectivity index (χ2n) is 5.20. The molecule has 1 aliphatic heterocycles. The van der Waals surface area contributed by atoms with Gasteiger partial charge in [-0.3, -0.25) is 4.90 Å². The molecule has 3 heteroatoms. The van der Waals surface area contributed by atoms with Gasteiger partial charge < -0.3 is 5.73 Å². The Balaban J connectivity index is 2.15. The number of nitrogens with zero attached hydrogens (tertiary/aromatic N) is 1. The van der Waals surface area contributed by atoms with Crippen LogP contribution in [0.4, 0.5) is 0 Å². The molecule has 2 heterocycles. The van der Waals surface area contributed by atoms with E-state index in [0.717, 1.165) is 19.0 Å². The number of aryl methyl sites for hydroxylation is 1. The van der Waals surface area contributed by atoms with Crippen molar-refractivity contribution in [3.8, 4) is 0 Å². The molecule has 1 aliphatic rings. The second-order valence-corrected chi connectivity index (χ2v) is 6.40. The number of piperidine rings is 1. The smallest absolute Gasteiger partial charge is 0.0566 e. The maximum atomic E-state index is 6.07. The summed E-state index contributed by atoms with van der Waals surface area (Å²) in [5, 5.41) is 0. The average molecular weight is 266 g/mol. The second kappa shape index (κ2) is 6.69. The zero-order valence-electron chi connectivity index (χ0n) is 11.7. The molecule has 0 radical (unpaired) electrons. The van der Waals surface area contributed by atoms with Crippen LogP contribution in [0.25, 0.3) is 0 Å². The first kappa shape index (κ1) is 14.0. The minimum atomic E-state index is 0.445. The van der Waals surface area contributed by atoms with Crippen molar-refractivity contribution in [2.75, 3.05) is 13.1 Å². The molecule has 2 atom stereocenters. The molecule has 1 saturated heterocycles. The lowest BCUT2D eigenvalue weighted by Gasteiger charge is -2.40. The molecular formula is C15H26N2S. The fourth-order valence-corrected chi connectivity index (χ4v) is 4.14. The Kier molecular flexibility index (Phi) is 5.22. The van der Waals surface area contributed by atoms with Gasteiger partial charge in [0.15, 0.2) is 0 Å². The van der Waals surface area contributed by atoms with Gasteiger partial charge in [0.1, 0.15) is 0 Å². The van der Waals surface area contributed by atoms with Gasteiger partial charge in [-0.2, -0.15) is 0 Å². The molecule has 2 unspecified atom stereocenters. The molecule has 0 saturated carbocycles. The summed E-state index contributed by atoms with van der Waals surface area (Å²) in [5.74, 6) is 0. The average Bonchev–Trinajstić information content (AvgIpc) is 2.89. The number of hydrogen-bond acceptors (Lipinski definition) is 3. The lowest BCUT2D eigenvalue weighted by molar-refractivity contribution is 0.0966. The Bertz CT molecular complexity index is 361. The van der Waals surface area contributed by atoms with Gasteiger partial charge in [0.2, 0.25) is 0 Å². The van der Waals surface area contributed by atoms with Crippen molar-refractivity contribution in [2.24, 2.45) is 5.73 Å². The number of rotatable bonds is 5. The predicted molar refractivity (Wildman–Crippen MR) is 80.1 cm³/mol. The summed E-state index contributed by atoms with van der Waals surface area (Å²) in [7, 11) is 0. The molecule has 2 nitrogen and oxygen atoms in total. The van der Waals surface area contributed by atoms with Gasteiger partial charge in [-0.1, -0.05) is 20.3 Å². The van der Waals surface area contributed by atoms with E-state index in [-0.39, 0.29) is 0 Å². The molecule has 1 aromatic rings. The van der Waals surface area contributed by atoms with E-state index in [1.54, 1.807) is 0 Å². The SMILES string of the molecule is CCc1ccc(C(CN)N2CCCCC2CC)s1. The largest absolute Gasteiger partial charge is 0.329 e. The summed E-state index contributed by atoms with van der Waals surface area (Å²) < 4.78 is 0. The monoisotopic (exact) mass is 266 g/mol. The summed E-state index contributed by atoms with van der Waals surface area (Å²) in [6.45, 7) is 6.51. The number of nitrogens with two attached hydrogens (primary N) is 1. The van der Waals surface area contributed by atoms with Gasteiger partial charge in [0, 0.05) is 22.3 Å². The number of thiophene rings is 1. The molecule has 2 rings (SSSR count). The van der Waals surface area contributed by atoms with E-state index in [9.17, 15) is 0 Å². The van der Waals surface area contributed by atoms with Gasteiger partial charge in [-0.15, -0.1) is 11.3 Å². The van der Waals surface area contributed by atoms with Crippen LogP contribution in [-0.4, -0.2) is 24.0 Å². The summed E-state index contributed by atoms with van der Waals surface area (Å²) in [6.07, 6.45) is 6.46. The molecule has 0 bridgehead atoms. The van der Waals surface area contributed by atoms with E-state index < -0.39 is 0 Å². The van der Waals surface area contributed by atoms with Crippen LogP contribution in [0.5, 0.6) is 0 Å². The van der Waals surface area contributed by atoms with E-state index >= 15 is 0 Å². The van der Waals surface area contributed by atoms with Crippen molar-refractivity contribution in [1.82, 2.24) is 4.90 Å². The first-order valence-electron chi connectivity index (χ1n) is 7.34. The van der Waals surface area contributed by atoms with Crippen LogP contribution in [0.2, 0.25) is 0 Å². The number of hydrogen-bond donors (Lipinski definition) is 1. The van der Waals surface area contributed by atoms with Gasteiger partial charge in [-0.05, 0) is 44.4 Å². The van der Waals surface area contributed by atoms with Crippen LogP contribution in [0, 0.1) is 0 Å². The molecule has 102 valence electrons. The molecule has 2 N–H and O–H groups in total. The van der Waals surface area contributed by atoms with Crippen LogP contribution in [0.15, 0.2) is 12.1 Å². The minimum absolute atomic E-state index is 0.445. The maximum absolute atomic E-state index is 6.07. The molecule has 0 aromatic carbocycles. The standard InChI is InChI=1S/C15H26N2S/c1-3-12-7-5-6-10-17(12)14(11-16)15-9-8-13(4-2)18-15/h8-9,12,14H,3-7,10-11,16H2,1-2H3. The van der Waals surface area contributed by atoms with E-state index in [4.69, 9.17) is 5.73 Å². The van der Waals surface area contributed by atoms with Crippen molar-refractivity contribution in [1.29, 1.82) is 0 Å². The van der Waals surface area contributed by atoms with Gasteiger partial charge >= 0.3 is 0 Å². The highest BCUT2D eigenvalue weighted by Gasteiger charge is 2.28. The molecule has 18 heavy (non-hydrogen) atoms. The highest BCUT2D eigenvalue weighted by atomic mass is 32.1. The Morgan fingerprint density at radius 3 is 2.83 bits per heavy atom. The molecule has 0 aliphatic carbocycles. The highest BCUT2D eigenvalue weighted by Crippen LogP contribution is 2.33. The van der Waals surface area contributed by atoms with Crippen LogP contribution < -0.4 is 5.73 Å². The lowest BCUT2D eigenvalue weighted by Crippen LogP contribution is -2.43. The molecular weight excluding hydrogens is 240 g/mol. The Labute approximate surface area is 115 Å². The van der Waals surface area contributed by atoms with Crippen LogP contribution in [0.1, 0.15) is 55.3 Å². The Morgan fingerprint density at radius 2 is 2.22 bits per heavy atom. The van der Waals surface area contributed by atoms with Crippen molar-refractivity contribution in [3.63, 3.8) is 0 Å². The molecule has 0 amide bonds. The summed E-state index contributed by atoms with van der Waals surface area (Å²) >= 11 is 1.95. The number of likely N-dealkylation sites (tertiary alicyclic amines) is 1. The Hall–Kier alpha value is -0.380. The first-order valence-corrected chi connectivity index (χ1v) is 8.16. The minimum Gasteiger partial charge on any atom is -0.329 e. The molecule has 1 aromatic heterocycles. The van der Waals surface area contributed by atoms with Gasteiger partial charge in [-0.25, -0.2) is 0 Å². The fourth-order valence-electron chi connectivity index (χ4n) is 3.05. The summed E-state index contributed by atoms with van der Waals surface area (Å²) in [4.78, 5) is 5.61. The third kappa shape index (κ3) is 2.95. The van der Waals surface area contributed by atoms with E-state index in [2.05, 4.69) is 30.9 Å². The topological polar surface area (TPSA) is 29.3 Å². The fraction of sp³-hybridized carbons (Fsp3) is 0.733. The van der Waals surface area contributed by atoms with Crippen LogP contribution >= 0.6 is 11.3 Å². The first-order chi connectivity index (χ1) is 8.80. The van der Waals surface area contributed by atoms with E-state index in [1.807, 2.05) is 11.3 Å². The quantitative estimate of drug-likeness (QED) is 0.882. The van der Waals surface area contributed by atoms with Crippen LogP contribution in [-0.2, 0) is 6.42 Å². The Morgan fingerprint density at radius 1 is 1.39 bits per heavy atom. The van der Waals surface area contributed by atoms with Gasteiger partial charge in [0.25, 0.3) is 0 Å². The highest BCUT2D eigenvalue weighted by molar-refractivity contribution is 7.12. The lowest BCUT2D eigenvalue weighted by atomic mass is 9.97. The zero-order chi connectivity index (χ0) is 13.0. The van der Waals surface area contributed by atoms with Crippen molar-refractivity contribution < 1.29 is 0 Å². The summed E-state index contributed by atoms with van der Waals surface area (Å²) in [6, 6.07) is 5.75. The maximum Gasteiger partial charge on any atom is 0.0566 e. The third-order valence-corrected chi connectivity index (χ3v) is 5.46. The van der Waals surface area contributed by atoms with E-state index in [0.29, 0.717) is 6.04 Å². The zero-order valence-corrected chi connectivity index (χ0v) is 12.5. The summed E-state index contributed by atoms with van der Waals surface area (Å²) in [5.41, 5.74) is 6.07. The normalized spacial score (nSPS) is 23.2. The van der Waals surface area contributed by atoms with Crippen molar-refractivity contribution >= 4 is 11.3 Å². The molecule has 0 spiro atoms. The molecule has 1 fully saturated rings. The van der Waals surface area contributed by atoms with Gasteiger partial charge in [0.05, 0.1) is 6.04 Å². The van der Waals surface area contributed by atoms with Crippen LogP contribution in [0.3, 0.4) is 0 Å². The predicted octanol–water partition coefficient (Wildman–Crippen LogP) is 3.57. The van der Waals surface area contributed by atoms with Crippen molar-refractivity contribution in [3.05, 3.63) is 21.9 Å². The van der Waals surface area contributed by atoms with E-state index in [1.165, 1.54) is 42.0 Å². The third-order valence-electron chi connectivity index (χ3n) is 4.13.